The van der Waals surface area contributed by atoms with Gasteiger partial charge in [-0.25, -0.2) is 0 Å². The van der Waals surface area contributed by atoms with Gasteiger partial charge >= 0.3 is 0 Å². The monoisotopic (exact) mass is 288 g/mol. The summed E-state index contributed by atoms with van der Waals surface area (Å²) < 4.78 is 0. The van der Waals surface area contributed by atoms with E-state index in [2.05, 4.69) is 22.0 Å². The summed E-state index contributed by atoms with van der Waals surface area (Å²) in [4.78, 5) is 6.68. The van der Waals surface area contributed by atoms with Crippen LogP contribution in [0.3, 0.4) is 0 Å². The van der Waals surface area contributed by atoms with Crippen LogP contribution in [-0.2, 0) is 13.0 Å². The van der Waals surface area contributed by atoms with Crippen molar-refractivity contribution in [3.8, 4) is 0 Å². The van der Waals surface area contributed by atoms with Gasteiger partial charge in [-0.3, -0.25) is 4.98 Å². The van der Waals surface area contributed by atoms with Crippen molar-refractivity contribution in [2.24, 2.45) is 5.92 Å². The molecule has 1 N–H and O–H groups in total. The van der Waals surface area contributed by atoms with Crippen molar-refractivity contribution in [3.05, 3.63) is 58.9 Å². The van der Waals surface area contributed by atoms with Crippen LogP contribution in [0.15, 0.2) is 42.6 Å². The zero-order chi connectivity index (χ0) is 13.9. The Morgan fingerprint density at radius 1 is 1.30 bits per heavy atom. The molecule has 2 aromatic rings. The molecule has 104 valence electrons. The van der Waals surface area contributed by atoms with E-state index in [1.807, 2.05) is 24.3 Å². The molecule has 1 unspecified atom stereocenters. The zero-order valence-corrected chi connectivity index (χ0v) is 11.9. The van der Waals surface area contributed by atoms with E-state index in [1.54, 1.807) is 6.20 Å². The number of hydrogen-bond donors (Lipinski definition) is 1. The summed E-state index contributed by atoms with van der Waals surface area (Å²) in [6.07, 6.45) is 2.50. The van der Waals surface area contributed by atoms with Gasteiger partial charge in [0.1, 0.15) is 0 Å². The number of pyridine rings is 1. The average molecular weight is 289 g/mol. The lowest BCUT2D eigenvalue weighted by molar-refractivity contribution is 0.222. The molecule has 20 heavy (non-hydrogen) atoms. The average Bonchev–Trinajstić information content (AvgIpc) is 2.48. The Morgan fingerprint density at radius 3 is 2.85 bits per heavy atom. The first-order valence-corrected chi connectivity index (χ1v) is 7.18. The van der Waals surface area contributed by atoms with Crippen molar-refractivity contribution in [1.29, 1.82) is 0 Å². The fourth-order valence-electron chi connectivity index (χ4n) is 2.71. The van der Waals surface area contributed by atoms with Gasteiger partial charge in [-0.2, -0.15) is 0 Å². The van der Waals surface area contributed by atoms with Crippen molar-refractivity contribution in [1.82, 2.24) is 4.98 Å². The molecule has 1 aliphatic rings. The van der Waals surface area contributed by atoms with Gasteiger partial charge in [-0.1, -0.05) is 41.9 Å². The fraction of sp³-hybridized carbons (Fsp3) is 0.312. The molecule has 0 spiro atoms. The largest absolute Gasteiger partial charge is 0.396 e. The summed E-state index contributed by atoms with van der Waals surface area (Å²) in [7, 11) is 0. The third kappa shape index (κ3) is 2.79. The lowest BCUT2D eigenvalue weighted by Crippen LogP contribution is -2.37. The lowest BCUT2D eigenvalue weighted by atomic mass is 9.96. The first kappa shape index (κ1) is 13.4. The summed E-state index contributed by atoms with van der Waals surface area (Å²) in [5, 5.41) is 10.1. The van der Waals surface area contributed by atoms with E-state index in [0.717, 1.165) is 30.9 Å². The third-order valence-corrected chi connectivity index (χ3v) is 3.90. The van der Waals surface area contributed by atoms with E-state index < -0.39 is 0 Å². The molecule has 0 saturated carbocycles. The summed E-state index contributed by atoms with van der Waals surface area (Å²) in [6, 6.07) is 12.3. The van der Waals surface area contributed by atoms with Crippen molar-refractivity contribution in [2.45, 2.75) is 13.0 Å². The Balaban J connectivity index is 1.91. The Bertz CT molecular complexity index is 588. The van der Waals surface area contributed by atoms with Crippen molar-refractivity contribution >= 4 is 17.3 Å². The molecule has 1 aromatic heterocycles. The molecule has 0 fully saturated rings. The van der Waals surface area contributed by atoms with Gasteiger partial charge in [0.05, 0.1) is 16.4 Å². The van der Waals surface area contributed by atoms with Crippen molar-refractivity contribution < 1.29 is 5.11 Å². The van der Waals surface area contributed by atoms with Crippen molar-refractivity contribution in [2.75, 3.05) is 18.1 Å². The van der Waals surface area contributed by atoms with E-state index in [0.29, 0.717) is 5.02 Å². The van der Waals surface area contributed by atoms with Crippen LogP contribution >= 0.6 is 11.6 Å². The highest BCUT2D eigenvalue weighted by Gasteiger charge is 2.25. The molecule has 4 heteroatoms. The smallest absolute Gasteiger partial charge is 0.0642 e. The molecule has 1 aromatic carbocycles. The van der Waals surface area contributed by atoms with Crippen LogP contribution in [0.5, 0.6) is 0 Å². The molecule has 0 radical (unpaired) electrons. The number of aromatic nitrogens is 1. The molecule has 3 nitrogen and oxygen atoms in total. The van der Waals surface area contributed by atoms with Gasteiger partial charge in [-0.05, 0) is 18.1 Å². The van der Waals surface area contributed by atoms with Crippen LogP contribution in [0.4, 0.5) is 5.69 Å². The van der Waals surface area contributed by atoms with Crippen LogP contribution in [0.25, 0.3) is 0 Å². The van der Waals surface area contributed by atoms with E-state index >= 15 is 0 Å². The molecule has 2 heterocycles. The molecule has 3 rings (SSSR count). The number of fused-ring (bicyclic) bond motifs is 1. The van der Waals surface area contributed by atoms with E-state index in [4.69, 9.17) is 11.6 Å². The minimum absolute atomic E-state index is 0.190. The molecule has 0 saturated heterocycles. The molecule has 1 atom stereocenters. The standard InChI is InChI=1S/C16H17ClN2O/c17-14-7-16-15(18-8-14)6-13(11-20)10-19(16)9-12-4-2-1-3-5-12/h1-5,7-8,13,20H,6,9-11H2. The quantitative estimate of drug-likeness (QED) is 0.943. The third-order valence-electron chi connectivity index (χ3n) is 3.69. The second-order valence-electron chi connectivity index (χ2n) is 5.24. The van der Waals surface area contributed by atoms with Gasteiger partial charge in [0, 0.05) is 31.8 Å². The number of aliphatic hydroxyl groups is 1. The highest BCUT2D eigenvalue weighted by Crippen LogP contribution is 2.31. The van der Waals surface area contributed by atoms with Crippen LogP contribution in [0.2, 0.25) is 5.02 Å². The van der Waals surface area contributed by atoms with Crippen LogP contribution in [0, 0.1) is 5.92 Å². The predicted octanol–water partition coefficient (Wildman–Crippen LogP) is 2.91. The summed E-state index contributed by atoms with van der Waals surface area (Å²) in [6.45, 7) is 1.84. The molecular weight excluding hydrogens is 272 g/mol. The number of aliphatic hydroxyl groups excluding tert-OH is 1. The van der Waals surface area contributed by atoms with Crippen LogP contribution in [-0.4, -0.2) is 23.2 Å². The first-order chi connectivity index (χ1) is 9.76. The summed E-state index contributed by atoms with van der Waals surface area (Å²) in [5.74, 6) is 0.236. The fourth-order valence-corrected chi connectivity index (χ4v) is 2.86. The van der Waals surface area contributed by atoms with Crippen LogP contribution < -0.4 is 4.90 Å². The Hall–Kier alpha value is -1.58. The zero-order valence-electron chi connectivity index (χ0n) is 11.2. The van der Waals surface area contributed by atoms with E-state index in [1.165, 1.54) is 5.56 Å². The van der Waals surface area contributed by atoms with E-state index in [-0.39, 0.29) is 12.5 Å². The number of nitrogens with zero attached hydrogens (tertiary/aromatic N) is 2. The lowest BCUT2D eigenvalue weighted by Gasteiger charge is -2.35. The highest BCUT2D eigenvalue weighted by molar-refractivity contribution is 6.30. The maximum Gasteiger partial charge on any atom is 0.0642 e. The molecule has 0 bridgehead atoms. The minimum Gasteiger partial charge on any atom is -0.396 e. The number of benzene rings is 1. The summed E-state index contributed by atoms with van der Waals surface area (Å²) >= 11 is 6.08. The number of anilines is 1. The van der Waals surface area contributed by atoms with Gasteiger partial charge in [0.2, 0.25) is 0 Å². The van der Waals surface area contributed by atoms with Gasteiger partial charge in [-0.15, -0.1) is 0 Å². The van der Waals surface area contributed by atoms with Crippen LogP contribution in [0.1, 0.15) is 11.3 Å². The predicted molar refractivity (Wildman–Crippen MR) is 81.0 cm³/mol. The van der Waals surface area contributed by atoms with Crippen molar-refractivity contribution in [3.63, 3.8) is 0 Å². The van der Waals surface area contributed by atoms with Gasteiger partial charge in [0.15, 0.2) is 0 Å². The minimum atomic E-state index is 0.190. The van der Waals surface area contributed by atoms with Gasteiger partial charge in [0.25, 0.3) is 0 Å². The maximum absolute atomic E-state index is 9.47. The topological polar surface area (TPSA) is 36.4 Å². The molecule has 0 aliphatic carbocycles. The Labute approximate surface area is 123 Å². The Morgan fingerprint density at radius 2 is 2.10 bits per heavy atom. The van der Waals surface area contributed by atoms with Gasteiger partial charge < -0.3 is 10.0 Å². The summed E-state index contributed by atoms with van der Waals surface area (Å²) in [5.41, 5.74) is 3.36. The number of halogens is 1. The molecule has 0 amide bonds. The second-order valence-corrected chi connectivity index (χ2v) is 5.67. The SMILES string of the molecule is OCC1Cc2ncc(Cl)cc2N(Cc2ccccc2)C1. The second kappa shape index (κ2) is 5.81. The first-order valence-electron chi connectivity index (χ1n) is 6.80. The molecule has 1 aliphatic heterocycles. The van der Waals surface area contributed by atoms with E-state index in [9.17, 15) is 5.11 Å². The number of hydrogen-bond acceptors (Lipinski definition) is 3. The highest BCUT2D eigenvalue weighted by atomic mass is 35.5. The Kier molecular flexibility index (Phi) is 3.90. The molecular formula is C16H17ClN2O. The maximum atomic E-state index is 9.47. The number of rotatable bonds is 3. The normalized spacial score (nSPS) is 17.9.